The molecule has 2 aromatic rings. The maximum absolute atomic E-state index is 8.97. The van der Waals surface area contributed by atoms with E-state index in [2.05, 4.69) is 11.1 Å². The number of nitriles is 1. The third-order valence-corrected chi connectivity index (χ3v) is 2.65. The molecule has 0 amide bonds. The smallest absolute Gasteiger partial charge is 0.221 e. The monoisotopic (exact) mass is 270 g/mol. The molecule has 0 aliphatic carbocycles. The van der Waals surface area contributed by atoms with Crippen molar-refractivity contribution in [2.24, 2.45) is 0 Å². The van der Waals surface area contributed by atoms with E-state index >= 15 is 0 Å². The van der Waals surface area contributed by atoms with Gasteiger partial charge in [-0.05, 0) is 25.1 Å². The molecule has 0 radical (unpaired) electrons. The molecule has 0 fully saturated rings. The summed E-state index contributed by atoms with van der Waals surface area (Å²) in [6.07, 6.45) is 0. The summed E-state index contributed by atoms with van der Waals surface area (Å²) in [5, 5.41) is 8.97. The second-order valence-corrected chi connectivity index (χ2v) is 4.04. The lowest BCUT2D eigenvalue weighted by molar-refractivity contribution is 0.341. The van der Waals surface area contributed by atoms with Crippen molar-refractivity contribution in [2.75, 3.05) is 14.2 Å². The minimum atomic E-state index is 0.323. The van der Waals surface area contributed by atoms with E-state index in [1.165, 1.54) is 0 Å². The Bertz CT molecular complexity index is 640. The predicted molar refractivity (Wildman–Crippen MR) is 73.3 cm³/mol. The first-order chi connectivity index (χ1) is 9.67. The van der Waals surface area contributed by atoms with Crippen LogP contribution >= 0.6 is 0 Å². The Labute approximate surface area is 117 Å². The summed E-state index contributed by atoms with van der Waals surface area (Å²) in [6, 6.07) is 10.6. The van der Waals surface area contributed by atoms with E-state index in [0.717, 1.165) is 0 Å². The van der Waals surface area contributed by atoms with Gasteiger partial charge < -0.3 is 14.2 Å². The van der Waals surface area contributed by atoms with E-state index in [-0.39, 0.29) is 0 Å². The second kappa shape index (κ2) is 5.93. The van der Waals surface area contributed by atoms with Gasteiger partial charge in [-0.15, -0.1) is 0 Å². The SMILES string of the molecule is COc1cccc(OC)c1Oc1cc(C#N)cc(C)n1. The Kier molecular flexibility index (Phi) is 4.06. The van der Waals surface area contributed by atoms with Crippen molar-refractivity contribution in [3.05, 3.63) is 41.6 Å². The molecule has 1 heterocycles. The van der Waals surface area contributed by atoms with Crippen LogP contribution < -0.4 is 14.2 Å². The van der Waals surface area contributed by atoms with Gasteiger partial charge in [0.25, 0.3) is 0 Å². The van der Waals surface area contributed by atoms with E-state index in [0.29, 0.717) is 34.4 Å². The lowest BCUT2D eigenvalue weighted by Crippen LogP contribution is -1.97. The summed E-state index contributed by atoms with van der Waals surface area (Å²) in [5.41, 5.74) is 1.19. The fourth-order valence-electron chi connectivity index (χ4n) is 1.78. The lowest BCUT2D eigenvalue weighted by Gasteiger charge is -2.13. The highest BCUT2D eigenvalue weighted by atomic mass is 16.5. The van der Waals surface area contributed by atoms with Gasteiger partial charge >= 0.3 is 0 Å². The first-order valence-corrected chi connectivity index (χ1v) is 5.95. The maximum atomic E-state index is 8.97. The van der Waals surface area contributed by atoms with E-state index in [1.807, 2.05) is 0 Å². The largest absolute Gasteiger partial charge is 0.493 e. The van der Waals surface area contributed by atoms with Crippen LogP contribution in [0.1, 0.15) is 11.3 Å². The standard InChI is InChI=1S/C15H14N2O3/c1-10-7-11(9-16)8-14(17-10)20-15-12(18-2)5-4-6-13(15)19-3/h4-8H,1-3H3. The van der Waals surface area contributed by atoms with Crippen LogP contribution in [0.3, 0.4) is 0 Å². The molecule has 2 rings (SSSR count). The molecule has 5 heteroatoms. The minimum Gasteiger partial charge on any atom is -0.493 e. The number of benzene rings is 1. The second-order valence-electron chi connectivity index (χ2n) is 4.04. The van der Waals surface area contributed by atoms with Crippen molar-refractivity contribution in [1.82, 2.24) is 4.98 Å². The van der Waals surface area contributed by atoms with Gasteiger partial charge in [0.1, 0.15) is 0 Å². The van der Waals surface area contributed by atoms with Crippen LogP contribution in [0.5, 0.6) is 23.1 Å². The number of aryl methyl sites for hydroxylation is 1. The molecule has 0 bridgehead atoms. The quantitative estimate of drug-likeness (QED) is 0.854. The molecule has 0 aliphatic heterocycles. The van der Waals surface area contributed by atoms with Crippen molar-refractivity contribution >= 4 is 0 Å². The van der Waals surface area contributed by atoms with Crippen LogP contribution in [-0.4, -0.2) is 19.2 Å². The maximum Gasteiger partial charge on any atom is 0.221 e. The molecule has 5 nitrogen and oxygen atoms in total. The fourth-order valence-corrected chi connectivity index (χ4v) is 1.78. The molecule has 102 valence electrons. The first kappa shape index (κ1) is 13.7. The Balaban J connectivity index is 2.44. The van der Waals surface area contributed by atoms with Gasteiger partial charge in [0, 0.05) is 11.8 Å². The highest BCUT2D eigenvalue weighted by Gasteiger charge is 2.13. The summed E-state index contributed by atoms with van der Waals surface area (Å²) < 4.78 is 16.2. The normalized spacial score (nSPS) is 9.70. The first-order valence-electron chi connectivity index (χ1n) is 5.95. The molecule has 0 N–H and O–H groups in total. The lowest BCUT2D eigenvalue weighted by atomic mass is 10.2. The number of pyridine rings is 1. The zero-order valence-electron chi connectivity index (χ0n) is 11.5. The third-order valence-electron chi connectivity index (χ3n) is 2.65. The Morgan fingerprint density at radius 2 is 1.75 bits per heavy atom. The highest BCUT2D eigenvalue weighted by molar-refractivity contribution is 5.52. The van der Waals surface area contributed by atoms with Crippen LogP contribution in [-0.2, 0) is 0 Å². The van der Waals surface area contributed by atoms with Gasteiger partial charge in [0.05, 0.1) is 25.9 Å². The minimum absolute atomic E-state index is 0.323. The highest BCUT2D eigenvalue weighted by Crippen LogP contribution is 2.39. The summed E-state index contributed by atoms with van der Waals surface area (Å²) >= 11 is 0. The molecular formula is C15H14N2O3. The average Bonchev–Trinajstić information content (AvgIpc) is 2.46. The summed E-state index contributed by atoms with van der Waals surface area (Å²) in [4.78, 5) is 4.24. The Hall–Kier alpha value is -2.74. The van der Waals surface area contributed by atoms with Crippen LogP contribution in [0.15, 0.2) is 30.3 Å². The summed E-state index contributed by atoms with van der Waals surface area (Å²) in [5.74, 6) is 1.82. The molecule has 0 spiro atoms. The number of ether oxygens (including phenoxy) is 3. The molecule has 0 aliphatic rings. The molecule has 20 heavy (non-hydrogen) atoms. The number of hydrogen-bond acceptors (Lipinski definition) is 5. The molecule has 0 saturated carbocycles. The Morgan fingerprint density at radius 1 is 1.10 bits per heavy atom. The van der Waals surface area contributed by atoms with E-state index < -0.39 is 0 Å². The van der Waals surface area contributed by atoms with Crippen molar-refractivity contribution in [1.29, 1.82) is 5.26 Å². The average molecular weight is 270 g/mol. The zero-order chi connectivity index (χ0) is 14.5. The number of methoxy groups -OCH3 is 2. The van der Waals surface area contributed by atoms with Gasteiger partial charge in [-0.3, -0.25) is 0 Å². The fraction of sp³-hybridized carbons (Fsp3) is 0.200. The molecule has 0 saturated heterocycles. The Morgan fingerprint density at radius 3 is 2.30 bits per heavy atom. The molecule has 1 aromatic heterocycles. The summed E-state index contributed by atoms with van der Waals surface area (Å²) in [6.45, 7) is 1.80. The number of nitrogens with zero attached hydrogens (tertiary/aromatic N) is 2. The van der Waals surface area contributed by atoms with E-state index in [4.69, 9.17) is 19.5 Å². The summed E-state index contributed by atoms with van der Waals surface area (Å²) in [7, 11) is 3.10. The van der Waals surface area contributed by atoms with Gasteiger partial charge in [-0.25, -0.2) is 4.98 Å². The van der Waals surface area contributed by atoms with Gasteiger partial charge in [-0.2, -0.15) is 5.26 Å². The van der Waals surface area contributed by atoms with Crippen LogP contribution in [0.25, 0.3) is 0 Å². The number of rotatable bonds is 4. The number of para-hydroxylation sites is 1. The zero-order valence-corrected chi connectivity index (χ0v) is 11.5. The number of hydrogen-bond donors (Lipinski definition) is 0. The topological polar surface area (TPSA) is 64.4 Å². The van der Waals surface area contributed by atoms with Gasteiger partial charge in [-0.1, -0.05) is 6.07 Å². The molecular weight excluding hydrogens is 256 g/mol. The van der Waals surface area contributed by atoms with Crippen molar-refractivity contribution in [3.8, 4) is 29.2 Å². The van der Waals surface area contributed by atoms with Gasteiger partial charge in [0.2, 0.25) is 11.6 Å². The van der Waals surface area contributed by atoms with Crippen molar-refractivity contribution in [2.45, 2.75) is 6.92 Å². The molecule has 0 atom stereocenters. The van der Waals surface area contributed by atoms with Gasteiger partial charge in [0.15, 0.2) is 11.5 Å². The third kappa shape index (κ3) is 2.81. The van der Waals surface area contributed by atoms with E-state index in [9.17, 15) is 0 Å². The van der Waals surface area contributed by atoms with Crippen molar-refractivity contribution in [3.63, 3.8) is 0 Å². The van der Waals surface area contributed by atoms with Crippen LogP contribution in [0.2, 0.25) is 0 Å². The number of aromatic nitrogens is 1. The van der Waals surface area contributed by atoms with Crippen LogP contribution in [0, 0.1) is 18.3 Å². The van der Waals surface area contributed by atoms with Crippen molar-refractivity contribution < 1.29 is 14.2 Å². The van der Waals surface area contributed by atoms with Crippen LogP contribution in [0.4, 0.5) is 0 Å². The van der Waals surface area contributed by atoms with E-state index in [1.54, 1.807) is 51.5 Å². The molecule has 0 unspecified atom stereocenters. The molecule has 1 aromatic carbocycles. The predicted octanol–water partition coefficient (Wildman–Crippen LogP) is 3.07.